The maximum absolute atomic E-state index is 13.6. The Kier molecular flexibility index (Phi) is 12.0. The number of aliphatic hydroxyl groups is 1. The van der Waals surface area contributed by atoms with E-state index < -0.39 is 11.9 Å². The second-order valence-electron chi connectivity index (χ2n) is 14.3. The number of hydrogen-bond acceptors (Lipinski definition) is 8. The van der Waals surface area contributed by atoms with Gasteiger partial charge in [0.05, 0.1) is 24.8 Å². The largest absolute Gasteiger partial charge is 0.497 e. The highest BCUT2D eigenvalue weighted by atomic mass is 16.5. The summed E-state index contributed by atoms with van der Waals surface area (Å²) in [4.78, 5) is 52.6. The van der Waals surface area contributed by atoms with Crippen molar-refractivity contribution in [2.24, 2.45) is 0 Å². The van der Waals surface area contributed by atoms with Gasteiger partial charge in [0.2, 0.25) is 0 Å². The molecule has 0 saturated heterocycles. The second-order valence-corrected chi connectivity index (χ2v) is 14.3. The molecular weight excluding hydrogens is 777 g/mol. The monoisotopic (exact) mass is 814 g/mol. The van der Waals surface area contributed by atoms with E-state index in [-0.39, 0.29) is 23.9 Å². The number of carbonyl (C=O) groups excluding carboxylic acids is 4. The van der Waals surface area contributed by atoms with Crippen molar-refractivity contribution in [3.63, 3.8) is 0 Å². The Balaban J connectivity index is 1.07. The predicted octanol–water partition coefficient (Wildman–Crippen LogP) is 11.4. The van der Waals surface area contributed by atoms with Crippen LogP contribution in [0.2, 0.25) is 0 Å². The third kappa shape index (κ3) is 9.01. The minimum Gasteiger partial charge on any atom is -0.497 e. The summed E-state index contributed by atoms with van der Waals surface area (Å²) in [6, 6.07) is 50.0. The molecule has 0 unspecified atom stereocenters. The number of hydrogen-bond donors (Lipinski definition) is 1. The summed E-state index contributed by atoms with van der Waals surface area (Å²) in [5, 5.41) is 13.2. The molecule has 0 fully saturated rings. The molecule has 0 aliphatic heterocycles. The average molecular weight is 815 g/mol. The van der Waals surface area contributed by atoms with Crippen LogP contribution in [-0.4, -0.2) is 35.7 Å². The Morgan fingerprint density at radius 3 is 1.26 bits per heavy atom. The van der Waals surface area contributed by atoms with Gasteiger partial charge in [-0.25, -0.2) is 9.59 Å². The van der Waals surface area contributed by atoms with Crippen molar-refractivity contribution in [1.82, 2.24) is 0 Å². The Labute approximate surface area is 357 Å². The predicted molar refractivity (Wildman–Crippen MR) is 242 cm³/mol. The van der Waals surface area contributed by atoms with Gasteiger partial charge in [0, 0.05) is 11.1 Å². The lowest BCUT2D eigenvalue weighted by molar-refractivity contribution is 0.0725. The highest BCUT2D eigenvalue weighted by Crippen LogP contribution is 2.40. The number of methoxy groups -OCH3 is 1. The van der Waals surface area contributed by atoms with Crippen LogP contribution in [0.5, 0.6) is 17.2 Å². The van der Waals surface area contributed by atoms with Gasteiger partial charge in [-0.05, 0) is 146 Å². The van der Waals surface area contributed by atoms with Gasteiger partial charge >= 0.3 is 11.9 Å². The van der Waals surface area contributed by atoms with Crippen molar-refractivity contribution in [2.45, 2.75) is 6.61 Å². The highest BCUT2D eigenvalue weighted by molar-refractivity contribution is 6.14. The standard InChI is InChI=1S/C54H38O8/c1-60-44-26-22-43(23-27-44)54(59)62-46-30-20-39(21-31-46)50(57)33-25-41-17-15-37-7-3-5-9-48(37)52(41)51-40(16-14-36-6-2-4-8-47(36)51)24-32-49(56)38-18-28-45(29-19-38)61-53(58)42-12-10-35(34-55)11-13-42/h2-33,55H,34H2,1H3/b32-24+,33-25+. The van der Waals surface area contributed by atoms with Gasteiger partial charge in [-0.15, -0.1) is 0 Å². The maximum Gasteiger partial charge on any atom is 0.343 e. The smallest absolute Gasteiger partial charge is 0.343 e. The minimum absolute atomic E-state index is 0.126. The number of ether oxygens (including phenoxy) is 3. The molecule has 1 N–H and O–H groups in total. The van der Waals surface area contributed by atoms with Crippen LogP contribution in [0.1, 0.15) is 58.1 Å². The van der Waals surface area contributed by atoms with Crippen LogP contribution in [0, 0.1) is 0 Å². The topological polar surface area (TPSA) is 116 Å². The zero-order valence-electron chi connectivity index (χ0n) is 33.5. The molecule has 0 aromatic heterocycles. The molecule has 0 saturated carbocycles. The third-order valence-corrected chi connectivity index (χ3v) is 10.4. The lowest BCUT2D eigenvalue weighted by Gasteiger charge is -2.17. The second kappa shape index (κ2) is 18.4. The fraction of sp³-hybridized carbons (Fsp3) is 0.0370. The number of rotatable bonds is 13. The molecule has 0 aliphatic carbocycles. The first-order chi connectivity index (χ1) is 30.3. The first-order valence-corrected chi connectivity index (χ1v) is 19.7. The quantitative estimate of drug-likeness (QED) is 0.0529. The molecule has 8 nitrogen and oxygen atoms in total. The first-order valence-electron chi connectivity index (χ1n) is 19.7. The van der Waals surface area contributed by atoms with E-state index in [9.17, 15) is 24.3 Å². The molecule has 0 aliphatic rings. The summed E-state index contributed by atoms with van der Waals surface area (Å²) in [7, 11) is 1.55. The van der Waals surface area contributed by atoms with Crippen molar-refractivity contribution >= 4 is 57.2 Å². The van der Waals surface area contributed by atoms with Crippen molar-refractivity contribution in [3.8, 4) is 28.4 Å². The van der Waals surface area contributed by atoms with Crippen LogP contribution in [0.3, 0.4) is 0 Å². The zero-order chi connectivity index (χ0) is 43.0. The van der Waals surface area contributed by atoms with Gasteiger partial charge in [0.15, 0.2) is 11.6 Å². The van der Waals surface area contributed by atoms with E-state index in [1.54, 1.807) is 116 Å². The fourth-order valence-corrected chi connectivity index (χ4v) is 7.12. The molecule has 302 valence electrons. The maximum atomic E-state index is 13.6. The number of esters is 2. The molecule has 0 spiro atoms. The Bertz CT molecular complexity index is 2810. The van der Waals surface area contributed by atoms with E-state index in [2.05, 4.69) is 6.07 Å². The molecule has 0 amide bonds. The van der Waals surface area contributed by atoms with Gasteiger partial charge in [-0.1, -0.05) is 97.1 Å². The highest BCUT2D eigenvalue weighted by Gasteiger charge is 2.17. The van der Waals surface area contributed by atoms with E-state index >= 15 is 0 Å². The summed E-state index contributed by atoms with van der Waals surface area (Å²) in [5.74, 6) is -0.342. The molecule has 8 heteroatoms. The molecule has 62 heavy (non-hydrogen) atoms. The van der Waals surface area contributed by atoms with E-state index in [1.807, 2.05) is 66.7 Å². The van der Waals surface area contributed by atoms with Crippen LogP contribution in [0.4, 0.5) is 0 Å². The molecule has 8 rings (SSSR count). The molecule has 0 radical (unpaired) electrons. The molecular formula is C54H38O8. The molecule has 0 bridgehead atoms. The normalized spacial score (nSPS) is 11.3. The number of allylic oxidation sites excluding steroid dienone is 2. The van der Waals surface area contributed by atoms with Gasteiger partial charge < -0.3 is 19.3 Å². The van der Waals surface area contributed by atoms with Crippen molar-refractivity contribution in [2.75, 3.05) is 7.11 Å². The van der Waals surface area contributed by atoms with Crippen molar-refractivity contribution in [3.05, 3.63) is 221 Å². The summed E-state index contributed by atoms with van der Waals surface area (Å²) in [6.45, 7) is -0.126. The van der Waals surface area contributed by atoms with Crippen LogP contribution >= 0.6 is 0 Å². The van der Waals surface area contributed by atoms with Crippen molar-refractivity contribution < 1.29 is 38.5 Å². The summed E-state index contributed by atoms with van der Waals surface area (Å²) < 4.78 is 16.2. The molecule has 8 aromatic rings. The van der Waals surface area contributed by atoms with Crippen LogP contribution in [0.15, 0.2) is 182 Å². The molecule has 0 atom stereocenters. The Morgan fingerprint density at radius 1 is 0.452 bits per heavy atom. The van der Waals surface area contributed by atoms with Gasteiger partial charge in [0.25, 0.3) is 0 Å². The van der Waals surface area contributed by atoms with E-state index in [4.69, 9.17) is 14.2 Å². The SMILES string of the molecule is COc1ccc(C(=O)Oc2ccc(C(=O)/C=C/c3ccc4ccccc4c3-c3c(/C=C/C(=O)c4ccc(OC(=O)c5ccc(CO)cc5)cc4)ccc4ccccc34)cc2)cc1. The zero-order valence-corrected chi connectivity index (χ0v) is 33.5. The van der Waals surface area contributed by atoms with E-state index in [1.165, 1.54) is 12.2 Å². The summed E-state index contributed by atoms with van der Waals surface area (Å²) in [5.41, 5.74) is 5.61. The number of benzene rings is 8. The lowest BCUT2D eigenvalue weighted by atomic mass is 9.86. The summed E-state index contributed by atoms with van der Waals surface area (Å²) >= 11 is 0. The van der Waals surface area contributed by atoms with Crippen LogP contribution in [-0.2, 0) is 6.61 Å². The number of ketones is 2. The molecule has 8 aromatic carbocycles. The molecule has 0 heterocycles. The minimum atomic E-state index is -0.552. The van der Waals surface area contributed by atoms with Crippen molar-refractivity contribution in [1.29, 1.82) is 0 Å². The van der Waals surface area contributed by atoms with Crippen LogP contribution in [0.25, 0.3) is 44.8 Å². The first kappa shape index (κ1) is 40.6. The van der Waals surface area contributed by atoms with E-state index in [0.29, 0.717) is 39.3 Å². The third-order valence-electron chi connectivity index (χ3n) is 10.4. The van der Waals surface area contributed by atoms with Gasteiger partial charge in [0.1, 0.15) is 17.2 Å². The Hall–Kier alpha value is -8.20. The summed E-state index contributed by atoms with van der Waals surface area (Å²) in [6.07, 6.45) is 6.67. The average Bonchev–Trinajstić information content (AvgIpc) is 3.32. The number of carbonyl (C=O) groups is 4. The van der Waals surface area contributed by atoms with Crippen LogP contribution < -0.4 is 14.2 Å². The number of fused-ring (bicyclic) bond motifs is 2. The number of aliphatic hydroxyl groups excluding tert-OH is 1. The van der Waals surface area contributed by atoms with E-state index in [0.717, 1.165) is 43.8 Å². The lowest BCUT2D eigenvalue weighted by Crippen LogP contribution is -2.08. The Morgan fingerprint density at radius 2 is 0.839 bits per heavy atom. The fourth-order valence-electron chi connectivity index (χ4n) is 7.12. The van der Waals surface area contributed by atoms with Gasteiger partial charge in [-0.3, -0.25) is 9.59 Å². The van der Waals surface area contributed by atoms with Gasteiger partial charge in [-0.2, -0.15) is 0 Å².